The molecule has 0 radical (unpaired) electrons. The van der Waals surface area contributed by atoms with Crippen LogP contribution in [0, 0.1) is 0 Å². The van der Waals surface area contributed by atoms with E-state index in [4.69, 9.17) is 28.4 Å². The van der Waals surface area contributed by atoms with Crippen LogP contribution >= 0.6 is 0 Å². The van der Waals surface area contributed by atoms with Crippen LogP contribution in [0.25, 0.3) is 0 Å². The molecule has 1 fully saturated rings. The lowest BCUT2D eigenvalue weighted by molar-refractivity contribution is 0.0385. The molecular formula is C18H22O9. The molecule has 27 heavy (non-hydrogen) atoms. The van der Waals surface area contributed by atoms with Crippen molar-refractivity contribution in [3.63, 3.8) is 0 Å². The number of ether oxygens (including phenoxy) is 6. The first-order chi connectivity index (χ1) is 13.0. The summed E-state index contributed by atoms with van der Waals surface area (Å²) in [6, 6.07) is 3.90. The molecule has 1 aromatic carbocycles. The second-order valence-electron chi connectivity index (χ2n) is 5.61. The quantitative estimate of drug-likeness (QED) is 0.238. The molecule has 0 spiro atoms. The Hall–Kier alpha value is -2.49. The Labute approximate surface area is 156 Å². The van der Waals surface area contributed by atoms with Crippen LogP contribution in [0.15, 0.2) is 18.2 Å². The van der Waals surface area contributed by atoms with Crippen molar-refractivity contribution < 1.29 is 42.8 Å². The van der Waals surface area contributed by atoms with Gasteiger partial charge in [0, 0.05) is 14.2 Å². The van der Waals surface area contributed by atoms with E-state index in [-0.39, 0.29) is 55.8 Å². The number of carbonyl (C=O) groups excluding carboxylic acids is 3. The Morgan fingerprint density at radius 2 is 1.22 bits per heavy atom. The number of esters is 3. The molecular weight excluding hydrogens is 360 g/mol. The zero-order chi connectivity index (χ0) is 19.6. The number of benzene rings is 1. The molecule has 0 amide bonds. The van der Waals surface area contributed by atoms with Crippen molar-refractivity contribution in [2.24, 2.45) is 0 Å². The van der Waals surface area contributed by atoms with Gasteiger partial charge < -0.3 is 28.4 Å². The molecule has 1 saturated heterocycles. The lowest BCUT2D eigenvalue weighted by Crippen LogP contribution is -2.16. The summed E-state index contributed by atoms with van der Waals surface area (Å²) >= 11 is 0. The zero-order valence-corrected chi connectivity index (χ0v) is 15.2. The first-order valence-corrected chi connectivity index (χ1v) is 8.31. The monoisotopic (exact) mass is 382 g/mol. The Morgan fingerprint density at radius 3 is 1.59 bits per heavy atom. The normalized spacial score (nSPS) is 15.1. The number of methoxy groups -OCH3 is 2. The van der Waals surface area contributed by atoms with E-state index in [1.54, 1.807) is 0 Å². The van der Waals surface area contributed by atoms with Gasteiger partial charge >= 0.3 is 17.9 Å². The van der Waals surface area contributed by atoms with E-state index < -0.39 is 17.9 Å². The Balaban J connectivity index is 2.15. The second-order valence-corrected chi connectivity index (χ2v) is 5.61. The van der Waals surface area contributed by atoms with Gasteiger partial charge in [-0.05, 0) is 18.2 Å². The largest absolute Gasteiger partial charge is 0.460 e. The average molecular weight is 382 g/mol. The van der Waals surface area contributed by atoms with E-state index in [1.165, 1.54) is 32.4 Å². The number of hydrogen-bond donors (Lipinski definition) is 0. The van der Waals surface area contributed by atoms with Crippen molar-refractivity contribution in [1.29, 1.82) is 0 Å². The first kappa shape index (κ1) is 20.8. The topological polar surface area (TPSA) is 110 Å². The molecule has 1 aliphatic heterocycles. The van der Waals surface area contributed by atoms with Crippen LogP contribution in [-0.2, 0) is 28.4 Å². The summed E-state index contributed by atoms with van der Waals surface area (Å²) in [5.74, 6) is -2.07. The maximum Gasteiger partial charge on any atom is 0.338 e. The highest BCUT2D eigenvalue weighted by atomic mass is 16.6. The molecule has 9 heteroatoms. The number of epoxide rings is 1. The highest BCUT2D eigenvalue weighted by Crippen LogP contribution is 2.16. The average Bonchev–Trinajstić information content (AvgIpc) is 3.50. The SMILES string of the molecule is COCCOC(=O)c1cc(C(=O)OCCOC)cc(C(=O)OCC2CO2)c1. The minimum absolute atomic E-state index is 0.0296. The van der Waals surface area contributed by atoms with E-state index in [0.29, 0.717) is 6.61 Å². The molecule has 0 aliphatic carbocycles. The van der Waals surface area contributed by atoms with Crippen LogP contribution in [0.4, 0.5) is 0 Å². The van der Waals surface area contributed by atoms with E-state index in [9.17, 15) is 14.4 Å². The van der Waals surface area contributed by atoms with Gasteiger partial charge in [-0.3, -0.25) is 0 Å². The van der Waals surface area contributed by atoms with E-state index >= 15 is 0 Å². The first-order valence-electron chi connectivity index (χ1n) is 8.31. The van der Waals surface area contributed by atoms with Crippen LogP contribution in [0.3, 0.4) is 0 Å². The number of carbonyl (C=O) groups is 3. The van der Waals surface area contributed by atoms with E-state index in [2.05, 4.69) is 0 Å². The summed E-state index contributed by atoms with van der Waals surface area (Å²) in [5.41, 5.74) is 0.0966. The van der Waals surface area contributed by atoms with Crippen LogP contribution in [-0.4, -0.2) is 77.9 Å². The fraction of sp³-hybridized carbons (Fsp3) is 0.500. The molecule has 1 atom stereocenters. The van der Waals surface area contributed by atoms with Crippen LogP contribution < -0.4 is 0 Å². The zero-order valence-electron chi connectivity index (χ0n) is 15.2. The van der Waals surface area contributed by atoms with Crippen LogP contribution in [0.1, 0.15) is 31.1 Å². The van der Waals surface area contributed by atoms with Gasteiger partial charge in [-0.15, -0.1) is 0 Å². The van der Waals surface area contributed by atoms with Crippen molar-refractivity contribution in [3.8, 4) is 0 Å². The van der Waals surface area contributed by atoms with Gasteiger partial charge in [0.15, 0.2) is 0 Å². The number of rotatable bonds is 11. The fourth-order valence-electron chi connectivity index (χ4n) is 2.00. The van der Waals surface area contributed by atoms with E-state index in [1.807, 2.05) is 0 Å². The summed E-state index contributed by atoms with van der Waals surface area (Å²) < 4.78 is 29.8. The lowest BCUT2D eigenvalue weighted by Gasteiger charge is -2.10. The third kappa shape index (κ3) is 6.97. The third-order valence-electron chi connectivity index (χ3n) is 3.48. The predicted octanol–water partition coefficient (Wildman–Crippen LogP) is 0.849. The molecule has 1 aliphatic rings. The molecule has 2 rings (SSSR count). The van der Waals surface area contributed by atoms with Crippen molar-refractivity contribution in [2.45, 2.75) is 6.10 Å². The summed E-state index contributed by atoms with van der Waals surface area (Å²) in [6.07, 6.45) is -0.102. The maximum atomic E-state index is 12.2. The molecule has 0 aromatic heterocycles. The summed E-state index contributed by atoms with van der Waals surface area (Å²) in [7, 11) is 2.95. The Kier molecular flexibility index (Phi) is 8.18. The highest BCUT2D eigenvalue weighted by molar-refractivity contribution is 6.00. The Morgan fingerprint density at radius 1 is 0.815 bits per heavy atom. The van der Waals surface area contributed by atoms with Crippen LogP contribution in [0.2, 0.25) is 0 Å². The van der Waals surface area contributed by atoms with Crippen molar-refractivity contribution in [3.05, 3.63) is 34.9 Å². The second kappa shape index (κ2) is 10.6. The molecule has 0 bridgehead atoms. The summed E-state index contributed by atoms with van der Waals surface area (Å²) in [6.45, 7) is 1.17. The molecule has 0 saturated carbocycles. The van der Waals surface area contributed by atoms with Gasteiger partial charge in [0.05, 0.1) is 36.5 Å². The van der Waals surface area contributed by atoms with Crippen LogP contribution in [0.5, 0.6) is 0 Å². The predicted molar refractivity (Wildman–Crippen MR) is 90.8 cm³/mol. The van der Waals surface area contributed by atoms with E-state index in [0.717, 1.165) is 0 Å². The summed E-state index contributed by atoms with van der Waals surface area (Å²) in [5, 5.41) is 0. The summed E-state index contributed by atoms with van der Waals surface area (Å²) in [4.78, 5) is 36.6. The van der Waals surface area contributed by atoms with Gasteiger partial charge in [-0.2, -0.15) is 0 Å². The molecule has 9 nitrogen and oxygen atoms in total. The van der Waals surface area contributed by atoms with Gasteiger partial charge in [0.1, 0.15) is 25.9 Å². The molecule has 0 N–H and O–H groups in total. The standard InChI is InChI=1S/C18H22O9/c1-22-3-5-24-16(19)12-7-13(17(20)25-6-4-23-2)9-14(8-12)18(21)27-11-15-10-26-15/h7-9,15H,3-6,10-11H2,1-2H3. The molecule has 148 valence electrons. The minimum atomic E-state index is -0.696. The molecule has 1 unspecified atom stereocenters. The van der Waals surface area contributed by atoms with Gasteiger partial charge in [-0.25, -0.2) is 14.4 Å². The Bertz CT molecular complexity index is 627. The van der Waals surface area contributed by atoms with Gasteiger partial charge in [0.2, 0.25) is 0 Å². The maximum absolute atomic E-state index is 12.2. The lowest BCUT2D eigenvalue weighted by atomic mass is 10.1. The van der Waals surface area contributed by atoms with Gasteiger partial charge in [-0.1, -0.05) is 0 Å². The highest BCUT2D eigenvalue weighted by Gasteiger charge is 2.25. The smallest absolute Gasteiger partial charge is 0.338 e. The minimum Gasteiger partial charge on any atom is -0.460 e. The number of hydrogen-bond acceptors (Lipinski definition) is 9. The molecule has 1 aromatic rings. The fourth-order valence-corrected chi connectivity index (χ4v) is 2.00. The molecule has 1 heterocycles. The van der Waals surface area contributed by atoms with Crippen molar-refractivity contribution in [2.75, 3.05) is 53.9 Å². The van der Waals surface area contributed by atoms with Gasteiger partial charge in [0.25, 0.3) is 0 Å². The third-order valence-corrected chi connectivity index (χ3v) is 3.48. The van der Waals surface area contributed by atoms with Crippen molar-refractivity contribution in [1.82, 2.24) is 0 Å². The van der Waals surface area contributed by atoms with Crippen molar-refractivity contribution >= 4 is 17.9 Å².